The fourth-order valence-corrected chi connectivity index (χ4v) is 1.56. The molecule has 68 valence electrons. The second-order valence-corrected chi connectivity index (χ2v) is 4.13. The second-order valence-electron chi connectivity index (χ2n) is 3.28. The van der Waals surface area contributed by atoms with E-state index in [1.165, 1.54) is 0 Å². The molecule has 12 heavy (non-hydrogen) atoms. The van der Waals surface area contributed by atoms with Crippen LogP contribution in [0.15, 0.2) is 21.2 Å². The number of hydrogen-bond donors (Lipinski definition) is 1. The van der Waals surface area contributed by atoms with Gasteiger partial charge in [-0.05, 0) is 34.3 Å². The fraction of sp³-hybridized carbons (Fsp3) is 0.556. The lowest BCUT2D eigenvalue weighted by Crippen LogP contribution is -2.00. The highest BCUT2D eigenvalue weighted by atomic mass is 79.9. The minimum absolute atomic E-state index is 0.469. The summed E-state index contributed by atoms with van der Waals surface area (Å²) in [6.45, 7) is 4.14. The van der Waals surface area contributed by atoms with Crippen molar-refractivity contribution in [3.63, 3.8) is 0 Å². The third kappa shape index (κ3) is 2.35. The molecule has 0 aliphatic carbocycles. The first kappa shape index (κ1) is 9.81. The van der Waals surface area contributed by atoms with E-state index in [0.29, 0.717) is 11.7 Å². The molecule has 1 rings (SSSR count). The molecule has 1 N–H and O–H groups in total. The molecule has 0 saturated heterocycles. The van der Waals surface area contributed by atoms with Gasteiger partial charge in [-0.1, -0.05) is 13.8 Å². The normalized spacial score (nSPS) is 13.8. The number of furan rings is 1. The Morgan fingerprint density at radius 3 is 2.67 bits per heavy atom. The highest BCUT2D eigenvalue weighted by molar-refractivity contribution is 9.10. The van der Waals surface area contributed by atoms with Gasteiger partial charge in [0.1, 0.15) is 11.9 Å². The lowest BCUT2D eigenvalue weighted by atomic mass is 10.0. The summed E-state index contributed by atoms with van der Waals surface area (Å²) in [5.74, 6) is 1.10. The van der Waals surface area contributed by atoms with Crippen LogP contribution in [0.3, 0.4) is 0 Å². The SMILES string of the molecule is CC(C)CC(O)c1occc1Br. The molecule has 1 atom stereocenters. The molecule has 0 spiro atoms. The Morgan fingerprint density at radius 1 is 1.58 bits per heavy atom. The Kier molecular flexibility index (Phi) is 3.35. The van der Waals surface area contributed by atoms with Gasteiger partial charge in [0.15, 0.2) is 0 Å². The van der Waals surface area contributed by atoms with Gasteiger partial charge in [0.05, 0.1) is 10.7 Å². The molecular weight excluding hydrogens is 220 g/mol. The predicted molar refractivity (Wildman–Crippen MR) is 50.8 cm³/mol. The van der Waals surface area contributed by atoms with Crippen molar-refractivity contribution in [2.45, 2.75) is 26.4 Å². The average molecular weight is 233 g/mol. The first-order valence-electron chi connectivity index (χ1n) is 4.02. The molecule has 0 bridgehead atoms. The number of aliphatic hydroxyl groups excluding tert-OH is 1. The lowest BCUT2D eigenvalue weighted by Gasteiger charge is -2.10. The Labute approximate surface area is 80.7 Å². The zero-order valence-corrected chi connectivity index (χ0v) is 8.84. The van der Waals surface area contributed by atoms with Crippen LogP contribution < -0.4 is 0 Å². The van der Waals surface area contributed by atoms with Crippen LogP contribution in [0.5, 0.6) is 0 Å². The van der Waals surface area contributed by atoms with E-state index >= 15 is 0 Å². The number of aliphatic hydroxyl groups is 1. The van der Waals surface area contributed by atoms with Crippen molar-refractivity contribution in [2.24, 2.45) is 5.92 Å². The molecular formula is C9H13BrO2. The summed E-state index contributed by atoms with van der Waals surface area (Å²) < 4.78 is 5.97. The molecule has 0 aliphatic heterocycles. The molecule has 0 aromatic carbocycles. The van der Waals surface area contributed by atoms with Gasteiger partial charge in [0.2, 0.25) is 0 Å². The van der Waals surface area contributed by atoms with Crippen LogP contribution in [0, 0.1) is 5.92 Å². The van der Waals surface area contributed by atoms with Crippen molar-refractivity contribution in [1.29, 1.82) is 0 Å². The second kappa shape index (κ2) is 4.10. The Hall–Kier alpha value is -0.280. The van der Waals surface area contributed by atoms with Gasteiger partial charge in [-0.3, -0.25) is 0 Å². The van der Waals surface area contributed by atoms with E-state index in [0.717, 1.165) is 10.9 Å². The molecule has 1 heterocycles. The predicted octanol–water partition coefficient (Wildman–Crippen LogP) is 3.12. The highest BCUT2D eigenvalue weighted by Crippen LogP contribution is 2.28. The largest absolute Gasteiger partial charge is 0.465 e. The summed E-state index contributed by atoms with van der Waals surface area (Å²) >= 11 is 3.30. The van der Waals surface area contributed by atoms with E-state index in [-0.39, 0.29) is 0 Å². The van der Waals surface area contributed by atoms with Gasteiger partial charge in [-0.25, -0.2) is 0 Å². The fourth-order valence-electron chi connectivity index (χ4n) is 1.10. The van der Waals surface area contributed by atoms with Crippen LogP contribution in [0.1, 0.15) is 32.1 Å². The Balaban J connectivity index is 2.65. The molecule has 3 heteroatoms. The van der Waals surface area contributed by atoms with E-state index < -0.39 is 6.10 Å². The van der Waals surface area contributed by atoms with E-state index in [2.05, 4.69) is 29.8 Å². The minimum atomic E-state index is -0.491. The summed E-state index contributed by atoms with van der Waals surface area (Å²) in [5, 5.41) is 9.64. The van der Waals surface area contributed by atoms with Crippen LogP contribution in [0.25, 0.3) is 0 Å². The lowest BCUT2D eigenvalue weighted by molar-refractivity contribution is 0.125. The molecule has 1 aromatic heterocycles. The molecule has 0 amide bonds. The van der Waals surface area contributed by atoms with Crippen molar-refractivity contribution in [1.82, 2.24) is 0 Å². The Bertz CT molecular complexity index is 242. The van der Waals surface area contributed by atoms with Gasteiger partial charge in [0, 0.05) is 0 Å². The zero-order valence-electron chi connectivity index (χ0n) is 7.25. The summed E-state index contributed by atoms with van der Waals surface area (Å²) in [7, 11) is 0. The first-order valence-corrected chi connectivity index (χ1v) is 4.81. The van der Waals surface area contributed by atoms with Crippen molar-refractivity contribution in [3.05, 3.63) is 22.6 Å². The summed E-state index contributed by atoms with van der Waals surface area (Å²) in [6, 6.07) is 1.79. The van der Waals surface area contributed by atoms with Crippen LogP contribution in [0.2, 0.25) is 0 Å². The van der Waals surface area contributed by atoms with Crippen LogP contribution in [-0.2, 0) is 0 Å². The van der Waals surface area contributed by atoms with Crippen LogP contribution in [-0.4, -0.2) is 5.11 Å². The molecule has 0 aliphatic rings. The maximum Gasteiger partial charge on any atom is 0.146 e. The van der Waals surface area contributed by atoms with E-state index in [1.807, 2.05) is 0 Å². The van der Waals surface area contributed by atoms with Gasteiger partial charge < -0.3 is 9.52 Å². The van der Waals surface area contributed by atoms with Crippen molar-refractivity contribution in [2.75, 3.05) is 0 Å². The van der Waals surface area contributed by atoms with Gasteiger partial charge in [-0.15, -0.1) is 0 Å². The molecule has 1 aromatic rings. The quantitative estimate of drug-likeness (QED) is 0.869. The molecule has 2 nitrogen and oxygen atoms in total. The van der Waals surface area contributed by atoms with E-state index in [1.54, 1.807) is 12.3 Å². The van der Waals surface area contributed by atoms with Gasteiger partial charge in [0.25, 0.3) is 0 Å². The summed E-state index contributed by atoms with van der Waals surface area (Å²) in [6.07, 6.45) is 1.81. The standard InChI is InChI=1S/C9H13BrO2/c1-6(2)5-8(11)9-7(10)3-4-12-9/h3-4,6,8,11H,5H2,1-2H3. The number of hydrogen-bond acceptors (Lipinski definition) is 2. The first-order chi connectivity index (χ1) is 5.61. The maximum absolute atomic E-state index is 9.64. The number of halogens is 1. The molecule has 0 radical (unpaired) electrons. The summed E-state index contributed by atoms with van der Waals surface area (Å²) in [4.78, 5) is 0. The molecule has 1 unspecified atom stereocenters. The molecule has 0 fully saturated rings. The minimum Gasteiger partial charge on any atom is -0.465 e. The van der Waals surface area contributed by atoms with Gasteiger partial charge in [-0.2, -0.15) is 0 Å². The van der Waals surface area contributed by atoms with Crippen molar-refractivity contribution in [3.8, 4) is 0 Å². The number of rotatable bonds is 3. The monoisotopic (exact) mass is 232 g/mol. The summed E-state index contributed by atoms with van der Waals surface area (Å²) in [5.41, 5.74) is 0. The smallest absolute Gasteiger partial charge is 0.146 e. The van der Waals surface area contributed by atoms with Crippen molar-refractivity contribution < 1.29 is 9.52 Å². The van der Waals surface area contributed by atoms with E-state index in [4.69, 9.17) is 4.42 Å². The third-order valence-electron chi connectivity index (χ3n) is 1.64. The van der Waals surface area contributed by atoms with Gasteiger partial charge >= 0.3 is 0 Å². The van der Waals surface area contributed by atoms with E-state index in [9.17, 15) is 5.11 Å². The van der Waals surface area contributed by atoms with Crippen LogP contribution in [0.4, 0.5) is 0 Å². The Morgan fingerprint density at radius 2 is 2.25 bits per heavy atom. The molecule has 0 saturated carbocycles. The third-order valence-corrected chi connectivity index (χ3v) is 2.30. The zero-order chi connectivity index (χ0) is 9.14. The highest BCUT2D eigenvalue weighted by Gasteiger charge is 2.15. The average Bonchev–Trinajstić information content (AvgIpc) is 2.33. The van der Waals surface area contributed by atoms with Crippen molar-refractivity contribution >= 4 is 15.9 Å². The maximum atomic E-state index is 9.64. The topological polar surface area (TPSA) is 33.4 Å². The van der Waals surface area contributed by atoms with Crippen LogP contribution >= 0.6 is 15.9 Å².